The molecule has 0 aromatic heterocycles. The van der Waals surface area contributed by atoms with Gasteiger partial charge in [-0.3, -0.25) is 0 Å². The predicted molar refractivity (Wildman–Crippen MR) is 113 cm³/mol. The summed E-state index contributed by atoms with van der Waals surface area (Å²) >= 11 is 9.07. The molecule has 2 aromatic rings. The molecule has 1 aliphatic heterocycles. The summed E-state index contributed by atoms with van der Waals surface area (Å²) in [5, 5.41) is 7.30. The summed E-state index contributed by atoms with van der Waals surface area (Å²) in [7, 11) is 1.67. The van der Waals surface area contributed by atoms with Gasteiger partial charge in [0.25, 0.3) is 0 Å². The van der Waals surface area contributed by atoms with Gasteiger partial charge in [0.2, 0.25) is 0 Å². The quantitative estimate of drug-likeness (QED) is 0.636. The first-order valence-electron chi connectivity index (χ1n) is 8.48. The number of ether oxygens (including phenoxy) is 2. The zero-order chi connectivity index (χ0) is 18.9. The van der Waals surface area contributed by atoms with Crippen molar-refractivity contribution in [3.63, 3.8) is 0 Å². The summed E-state index contributed by atoms with van der Waals surface area (Å²) in [6, 6.07) is 12.0. The second kappa shape index (κ2) is 7.45. The third-order valence-corrected chi connectivity index (χ3v) is 5.51. The van der Waals surface area contributed by atoms with Crippen LogP contribution in [0.5, 0.6) is 11.5 Å². The lowest BCUT2D eigenvalue weighted by Gasteiger charge is -2.38. The lowest BCUT2D eigenvalue weighted by Crippen LogP contribution is -2.42. The number of hydrogen-bond donors (Lipinski definition) is 2. The van der Waals surface area contributed by atoms with Gasteiger partial charge in [0, 0.05) is 22.1 Å². The van der Waals surface area contributed by atoms with Gasteiger partial charge in [0.15, 0.2) is 5.11 Å². The number of thiocarbonyl (C=S) groups is 1. The average molecular weight is 435 g/mol. The highest BCUT2D eigenvalue weighted by Crippen LogP contribution is 2.41. The molecule has 6 heteroatoms. The standard InChI is InChI=1S/C20H23BrN2O2S/c1-12-9-13(5-7-16(12)21)22-19(26)23-17-11-20(2,3)25-18-8-6-14(24-4)10-15(17)18/h5-10,17H,11H2,1-4H3,(H2,22,23,26). The number of fused-ring (bicyclic) bond motifs is 1. The summed E-state index contributed by atoms with van der Waals surface area (Å²) < 4.78 is 12.6. The van der Waals surface area contributed by atoms with Gasteiger partial charge < -0.3 is 20.1 Å². The Morgan fingerprint density at radius 2 is 2.04 bits per heavy atom. The van der Waals surface area contributed by atoms with Crippen LogP contribution in [-0.4, -0.2) is 17.8 Å². The lowest BCUT2D eigenvalue weighted by atomic mass is 9.89. The second-order valence-corrected chi connectivity index (χ2v) is 8.35. The van der Waals surface area contributed by atoms with Crippen molar-refractivity contribution < 1.29 is 9.47 Å². The van der Waals surface area contributed by atoms with Crippen molar-refractivity contribution >= 4 is 38.9 Å². The van der Waals surface area contributed by atoms with Crippen LogP contribution in [0.25, 0.3) is 0 Å². The fourth-order valence-electron chi connectivity index (χ4n) is 3.14. The molecule has 0 fully saturated rings. The van der Waals surface area contributed by atoms with E-state index in [1.807, 2.05) is 30.3 Å². The second-order valence-electron chi connectivity index (χ2n) is 7.08. The fourth-order valence-corrected chi connectivity index (χ4v) is 3.64. The maximum Gasteiger partial charge on any atom is 0.171 e. The Morgan fingerprint density at radius 1 is 1.27 bits per heavy atom. The topological polar surface area (TPSA) is 42.5 Å². The summed E-state index contributed by atoms with van der Waals surface area (Å²) in [5.74, 6) is 1.67. The number of halogens is 1. The molecule has 4 nitrogen and oxygen atoms in total. The van der Waals surface area contributed by atoms with Gasteiger partial charge in [0.1, 0.15) is 17.1 Å². The molecule has 26 heavy (non-hydrogen) atoms. The molecule has 0 radical (unpaired) electrons. The van der Waals surface area contributed by atoms with Crippen molar-refractivity contribution in [2.45, 2.75) is 38.8 Å². The van der Waals surface area contributed by atoms with Gasteiger partial charge in [0.05, 0.1) is 13.2 Å². The molecule has 138 valence electrons. The molecule has 1 aliphatic rings. The third kappa shape index (κ3) is 4.30. The highest BCUT2D eigenvalue weighted by atomic mass is 79.9. The van der Waals surface area contributed by atoms with Gasteiger partial charge in [-0.05, 0) is 75.0 Å². The highest BCUT2D eigenvalue weighted by molar-refractivity contribution is 9.10. The Bertz CT molecular complexity index is 839. The lowest BCUT2D eigenvalue weighted by molar-refractivity contribution is 0.0695. The van der Waals surface area contributed by atoms with E-state index >= 15 is 0 Å². The van der Waals surface area contributed by atoms with Gasteiger partial charge in [-0.1, -0.05) is 15.9 Å². The predicted octanol–water partition coefficient (Wildman–Crippen LogP) is 5.35. The number of methoxy groups -OCH3 is 1. The van der Waals surface area contributed by atoms with E-state index in [-0.39, 0.29) is 11.6 Å². The molecule has 2 aromatic carbocycles. The van der Waals surface area contributed by atoms with Crippen LogP contribution in [0.2, 0.25) is 0 Å². The molecule has 1 atom stereocenters. The van der Waals surface area contributed by atoms with E-state index in [0.29, 0.717) is 5.11 Å². The minimum atomic E-state index is -0.275. The monoisotopic (exact) mass is 434 g/mol. The summed E-state index contributed by atoms with van der Waals surface area (Å²) in [4.78, 5) is 0. The fraction of sp³-hybridized carbons (Fsp3) is 0.350. The molecule has 0 amide bonds. The number of nitrogens with one attached hydrogen (secondary N) is 2. The van der Waals surface area contributed by atoms with Crippen LogP contribution in [-0.2, 0) is 0 Å². The Balaban J connectivity index is 1.79. The van der Waals surface area contributed by atoms with Crippen LogP contribution < -0.4 is 20.1 Å². The average Bonchev–Trinajstić information content (AvgIpc) is 2.57. The van der Waals surface area contributed by atoms with E-state index in [1.54, 1.807) is 7.11 Å². The van der Waals surface area contributed by atoms with Gasteiger partial charge in [-0.25, -0.2) is 0 Å². The first-order valence-corrected chi connectivity index (χ1v) is 9.68. The first kappa shape index (κ1) is 19.0. The van der Waals surface area contributed by atoms with Crippen molar-refractivity contribution in [3.8, 4) is 11.5 Å². The van der Waals surface area contributed by atoms with Gasteiger partial charge >= 0.3 is 0 Å². The Kier molecular flexibility index (Phi) is 5.44. The van der Waals surface area contributed by atoms with Crippen LogP contribution in [0.15, 0.2) is 40.9 Å². The number of hydrogen-bond acceptors (Lipinski definition) is 3. The summed E-state index contributed by atoms with van der Waals surface area (Å²) in [5.41, 5.74) is 2.89. The Hall–Kier alpha value is -1.79. The number of aryl methyl sites for hydroxylation is 1. The van der Waals surface area contributed by atoms with Crippen LogP contribution in [0.3, 0.4) is 0 Å². The minimum absolute atomic E-state index is 0.0420. The van der Waals surface area contributed by atoms with Crippen LogP contribution in [0.4, 0.5) is 5.69 Å². The highest BCUT2D eigenvalue weighted by Gasteiger charge is 2.34. The van der Waals surface area contributed by atoms with E-state index in [9.17, 15) is 0 Å². The molecule has 1 unspecified atom stereocenters. The van der Waals surface area contributed by atoms with Crippen LogP contribution in [0.1, 0.15) is 37.4 Å². The van der Waals surface area contributed by atoms with E-state index in [1.165, 1.54) is 0 Å². The van der Waals surface area contributed by atoms with Crippen molar-refractivity contribution in [1.82, 2.24) is 5.32 Å². The van der Waals surface area contributed by atoms with Crippen LogP contribution in [0, 0.1) is 6.92 Å². The van der Waals surface area contributed by atoms with E-state index in [4.69, 9.17) is 21.7 Å². The number of anilines is 1. The van der Waals surface area contributed by atoms with Crippen molar-refractivity contribution in [2.75, 3.05) is 12.4 Å². The summed E-state index contributed by atoms with van der Waals surface area (Å²) in [6.07, 6.45) is 0.800. The third-order valence-electron chi connectivity index (χ3n) is 4.40. The SMILES string of the molecule is COc1ccc2c(c1)C(NC(=S)Nc1ccc(Br)c(C)c1)CC(C)(C)O2. The maximum absolute atomic E-state index is 6.11. The zero-order valence-electron chi connectivity index (χ0n) is 15.4. The van der Waals surface area contributed by atoms with Crippen molar-refractivity contribution in [1.29, 1.82) is 0 Å². The maximum atomic E-state index is 6.11. The summed E-state index contributed by atoms with van der Waals surface area (Å²) in [6.45, 7) is 6.22. The Morgan fingerprint density at radius 3 is 2.73 bits per heavy atom. The molecule has 0 bridgehead atoms. The largest absolute Gasteiger partial charge is 0.497 e. The normalized spacial score (nSPS) is 17.7. The zero-order valence-corrected chi connectivity index (χ0v) is 17.8. The molecular weight excluding hydrogens is 412 g/mol. The van der Waals surface area contributed by atoms with E-state index in [2.05, 4.69) is 53.4 Å². The van der Waals surface area contributed by atoms with E-state index < -0.39 is 0 Å². The van der Waals surface area contributed by atoms with Crippen molar-refractivity contribution in [2.24, 2.45) is 0 Å². The molecule has 0 saturated carbocycles. The molecule has 0 spiro atoms. The molecule has 3 rings (SSSR count). The van der Waals surface area contributed by atoms with Gasteiger partial charge in [-0.2, -0.15) is 0 Å². The first-order chi connectivity index (χ1) is 12.3. The molecule has 0 saturated heterocycles. The van der Waals surface area contributed by atoms with Crippen molar-refractivity contribution in [3.05, 3.63) is 52.0 Å². The van der Waals surface area contributed by atoms with Crippen LogP contribution >= 0.6 is 28.1 Å². The van der Waals surface area contributed by atoms with Gasteiger partial charge in [-0.15, -0.1) is 0 Å². The minimum Gasteiger partial charge on any atom is -0.497 e. The number of benzene rings is 2. The Labute approximate surface area is 168 Å². The molecule has 0 aliphatic carbocycles. The smallest absolute Gasteiger partial charge is 0.171 e. The molecule has 1 heterocycles. The molecule has 2 N–H and O–H groups in total. The number of rotatable bonds is 3. The molecular formula is C20H23BrN2O2S. The van der Waals surface area contributed by atoms with E-state index in [0.717, 1.165) is 39.2 Å².